The van der Waals surface area contributed by atoms with Crippen LogP contribution in [0.25, 0.3) is 0 Å². The van der Waals surface area contributed by atoms with Crippen LogP contribution in [-0.2, 0) is 9.53 Å². The molecule has 0 N–H and O–H groups in total. The highest BCUT2D eigenvalue weighted by Crippen LogP contribution is 2.16. The highest BCUT2D eigenvalue weighted by molar-refractivity contribution is 5.89. The van der Waals surface area contributed by atoms with Gasteiger partial charge in [0.05, 0.1) is 17.6 Å². The summed E-state index contributed by atoms with van der Waals surface area (Å²) in [6.45, 7) is 0. The molecule has 0 saturated carbocycles. The van der Waals surface area contributed by atoms with Gasteiger partial charge in [-0.05, 0) is 6.07 Å². The molecule has 0 heterocycles. The van der Waals surface area contributed by atoms with Gasteiger partial charge in [0.1, 0.15) is 6.07 Å². The number of nitriles is 1. The van der Waals surface area contributed by atoms with E-state index < -0.39 is 10.9 Å². The van der Waals surface area contributed by atoms with Gasteiger partial charge in [0.2, 0.25) is 0 Å². The van der Waals surface area contributed by atoms with E-state index in [1.807, 2.05) is 0 Å². The Bertz CT molecular complexity index is 575. The van der Waals surface area contributed by atoms with Crippen molar-refractivity contribution >= 4 is 11.7 Å². The fraction of sp³-hybridized carbons (Fsp3) is 0.0909. The third-order valence-electron chi connectivity index (χ3n) is 1.82. The molecular weight excluding hydrogens is 224 g/mol. The number of rotatable bonds is 1. The Kier molecular flexibility index (Phi) is 3.80. The number of ether oxygens (including phenoxy) is 1. The monoisotopic (exact) mass is 230 g/mol. The first-order valence-electron chi connectivity index (χ1n) is 4.37. The van der Waals surface area contributed by atoms with Crippen LogP contribution in [0.2, 0.25) is 0 Å². The summed E-state index contributed by atoms with van der Waals surface area (Å²) in [4.78, 5) is 20.6. The first kappa shape index (κ1) is 12.2. The number of methoxy groups -OCH3 is 1. The predicted molar refractivity (Wildman–Crippen MR) is 56.7 cm³/mol. The number of hydrogen-bond acceptors (Lipinski definition) is 5. The normalized spacial score (nSPS) is 8.47. The minimum Gasteiger partial charge on any atom is -0.459 e. The molecule has 1 aromatic rings. The molecule has 0 fully saturated rings. The second-order valence-electron chi connectivity index (χ2n) is 2.84. The molecule has 0 spiro atoms. The quantitative estimate of drug-likeness (QED) is 0.310. The van der Waals surface area contributed by atoms with E-state index in [4.69, 9.17) is 5.26 Å². The van der Waals surface area contributed by atoms with Gasteiger partial charge < -0.3 is 4.74 Å². The summed E-state index contributed by atoms with van der Waals surface area (Å²) >= 11 is 0. The number of non-ortho nitro benzene ring substituents is 1. The summed E-state index contributed by atoms with van der Waals surface area (Å²) in [6.07, 6.45) is 0. The van der Waals surface area contributed by atoms with E-state index in [2.05, 4.69) is 16.6 Å². The minimum atomic E-state index is -0.743. The van der Waals surface area contributed by atoms with Gasteiger partial charge in [0.15, 0.2) is 0 Å². The SMILES string of the molecule is COC(=O)C#Cc1ccc([N+](=O)[O-])cc1C#N. The van der Waals surface area contributed by atoms with Crippen LogP contribution in [0.3, 0.4) is 0 Å². The fourth-order valence-corrected chi connectivity index (χ4v) is 1.02. The van der Waals surface area contributed by atoms with Crippen molar-refractivity contribution in [3.05, 3.63) is 39.4 Å². The lowest BCUT2D eigenvalue weighted by Gasteiger charge is -1.95. The standard InChI is InChI=1S/C11H6N2O4/c1-17-11(14)5-3-8-2-4-10(13(15)16)6-9(8)7-12/h2,4,6H,1H3. The molecule has 0 aromatic heterocycles. The first-order valence-corrected chi connectivity index (χ1v) is 4.37. The van der Waals surface area contributed by atoms with Gasteiger partial charge in [-0.25, -0.2) is 4.79 Å². The molecule has 0 radical (unpaired) electrons. The zero-order chi connectivity index (χ0) is 12.8. The third kappa shape index (κ3) is 3.05. The number of nitro groups is 1. The van der Waals surface area contributed by atoms with Gasteiger partial charge in [-0.2, -0.15) is 5.26 Å². The van der Waals surface area contributed by atoms with Crippen molar-refractivity contribution in [1.82, 2.24) is 0 Å². The van der Waals surface area contributed by atoms with E-state index in [0.717, 1.165) is 6.07 Å². The third-order valence-corrected chi connectivity index (χ3v) is 1.82. The smallest absolute Gasteiger partial charge is 0.384 e. The summed E-state index contributed by atoms with van der Waals surface area (Å²) in [5, 5.41) is 19.3. The summed E-state index contributed by atoms with van der Waals surface area (Å²) < 4.78 is 4.30. The van der Waals surface area contributed by atoms with Crippen molar-refractivity contribution in [3.63, 3.8) is 0 Å². The average Bonchev–Trinajstić information content (AvgIpc) is 2.35. The highest BCUT2D eigenvalue weighted by Gasteiger charge is 2.09. The topological polar surface area (TPSA) is 93.2 Å². The van der Waals surface area contributed by atoms with E-state index in [0.29, 0.717) is 0 Å². The molecule has 1 rings (SSSR count). The van der Waals surface area contributed by atoms with Crippen molar-refractivity contribution in [2.75, 3.05) is 7.11 Å². The van der Waals surface area contributed by atoms with Gasteiger partial charge in [0, 0.05) is 23.6 Å². The molecule has 0 aliphatic heterocycles. The van der Waals surface area contributed by atoms with Crippen molar-refractivity contribution < 1.29 is 14.5 Å². The van der Waals surface area contributed by atoms with Crippen LogP contribution in [-0.4, -0.2) is 18.0 Å². The second-order valence-corrected chi connectivity index (χ2v) is 2.84. The number of carbonyl (C=O) groups excluding carboxylic acids is 1. The Morgan fingerprint density at radius 1 is 1.47 bits per heavy atom. The minimum absolute atomic E-state index is 0.0376. The Labute approximate surface area is 96.6 Å². The lowest BCUT2D eigenvalue weighted by Crippen LogP contribution is -1.95. The molecule has 0 aliphatic rings. The van der Waals surface area contributed by atoms with Gasteiger partial charge in [-0.3, -0.25) is 10.1 Å². The van der Waals surface area contributed by atoms with Crippen LogP contribution in [0.4, 0.5) is 5.69 Å². The highest BCUT2D eigenvalue weighted by atomic mass is 16.6. The van der Waals surface area contributed by atoms with Crippen molar-refractivity contribution in [2.24, 2.45) is 0 Å². The number of carbonyl (C=O) groups is 1. The molecule has 0 bridgehead atoms. The van der Waals surface area contributed by atoms with Crippen molar-refractivity contribution in [3.8, 4) is 17.9 Å². The first-order chi connectivity index (χ1) is 8.08. The lowest BCUT2D eigenvalue weighted by atomic mass is 10.1. The second kappa shape index (κ2) is 5.29. The Morgan fingerprint density at radius 2 is 2.18 bits per heavy atom. The number of benzene rings is 1. The zero-order valence-corrected chi connectivity index (χ0v) is 8.76. The van der Waals surface area contributed by atoms with Gasteiger partial charge in [-0.15, -0.1) is 0 Å². The number of hydrogen-bond donors (Lipinski definition) is 0. The molecule has 17 heavy (non-hydrogen) atoms. The summed E-state index contributed by atoms with van der Waals surface area (Å²) in [6, 6.07) is 5.39. The maximum absolute atomic E-state index is 10.8. The van der Waals surface area contributed by atoms with Crippen molar-refractivity contribution in [1.29, 1.82) is 5.26 Å². The molecule has 6 heteroatoms. The number of nitro benzene ring substituents is 1. The van der Waals surface area contributed by atoms with Crippen LogP contribution < -0.4 is 0 Å². The molecular formula is C11H6N2O4. The van der Waals surface area contributed by atoms with Gasteiger partial charge in [0.25, 0.3) is 5.69 Å². The predicted octanol–water partition coefficient (Wildman–Crippen LogP) is 0.991. The van der Waals surface area contributed by atoms with E-state index >= 15 is 0 Å². The molecule has 6 nitrogen and oxygen atoms in total. The average molecular weight is 230 g/mol. The summed E-state index contributed by atoms with van der Waals surface area (Å²) in [5.41, 5.74) is 0.0734. The van der Waals surface area contributed by atoms with E-state index in [9.17, 15) is 14.9 Å². The lowest BCUT2D eigenvalue weighted by molar-refractivity contribution is -0.384. The molecule has 1 aromatic carbocycles. The maximum Gasteiger partial charge on any atom is 0.384 e. The van der Waals surface area contributed by atoms with Crippen LogP contribution in [0.15, 0.2) is 18.2 Å². The molecule has 0 unspecified atom stereocenters. The van der Waals surface area contributed by atoms with Crippen LogP contribution in [0, 0.1) is 33.3 Å². The Hall–Kier alpha value is -2.86. The Morgan fingerprint density at radius 3 is 2.71 bits per heavy atom. The molecule has 0 amide bonds. The molecule has 0 atom stereocenters. The van der Waals surface area contributed by atoms with Crippen LogP contribution >= 0.6 is 0 Å². The van der Waals surface area contributed by atoms with Crippen LogP contribution in [0.1, 0.15) is 11.1 Å². The molecule has 84 valence electrons. The molecule has 0 aliphatic carbocycles. The largest absolute Gasteiger partial charge is 0.459 e. The van der Waals surface area contributed by atoms with E-state index in [-0.39, 0.29) is 16.8 Å². The zero-order valence-electron chi connectivity index (χ0n) is 8.76. The van der Waals surface area contributed by atoms with Gasteiger partial charge in [-0.1, -0.05) is 5.92 Å². The van der Waals surface area contributed by atoms with Crippen molar-refractivity contribution in [2.45, 2.75) is 0 Å². The maximum atomic E-state index is 10.8. The number of nitrogens with zero attached hydrogens (tertiary/aromatic N) is 2. The fourth-order valence-electron chi connectivity index (χ4n) is 1.02. The Balaban J connectivity index is 3.18. The van der Waals surface area contributed by atoms with Gasteiger partial charge >= 0.3 is 5.97 Å². The number of esters is 1. The van der Waals surface area contributed by atoms with E-state index in [1.54, 1.807) is 6.07 Å². The molecule has 0 saturated heterocycles. The van der Waals surface area contributed by atoms with E-state index in [1.165, 1.54) is 19.2 Å². The summed E-state index contributed by atoms with van der Waals surface area (Å²) in [7, 11) is 1.18. The summed E-state index contributed by atoms with van der Waals surface area (Å²) in [5.74, 6) is 3.81. The van der Waals surface area contributed by atoms with Crippen LogP contribution in [0.5, 0.6) is 0 Å².